The molecule has 0 radical (unpaired) electrons. The van der Waals surface area contributed by atoms with Gasteiger partial charge in [-0.2, -0.15) is 0 Å². The van der Waals surface area contributed by atoms with Crippen molar-refractivity contribution in [1.82, 2.24) is 9.80 Å². The maximum Gasteiger partial charge on any atom is 0.289 e. The molecule has 2 N–H and O–H groups in total. The van der Waals surface area contributed by atoms with Crippen LogP contribution in [0.25, 0.3) is 0 Å². The Morgan fingerprint density at radius 1 is 1.26 bits per heavy atom. The summed E-state index contributed by atoms with van der Waals surface area (Å²) in [6.07, 6.45) is 0.730. The summed E-state index contributed by atoms with van der Waals surface area (Å²) < 4.78 is 27.0. The molecule has 1 aliphatic heterocycles. The molecule has 2 amide bonds. The highest BCUT2D eigenvalue weighted by Gasteiger charge is 2.25. The number of nitrogens with two attached hydrogens (primary N) is 1. The summed E-state index contributed by atoms with van der Waals surface area (Å²) in [4.78, 5) is 25.6. The Labute approximate surface area is 109 Å². The maximum absolute atomic E-state index is 12.0. The van der Waals surface area contributed by atoms with E-state index in [1.165, 1.54) is 11.0 Å². The minimum absolute atomic E-state index is 0.0800. The first-order chi connectivity index (χ1) is 8.91. The molecular weight excluding hydrogens is 274 g/mol. The van der Waals surface area contributed by atoms with E-state index in [2.05, 4.69) is 0 Å². The molecule has 1 aromatic rings. The molecule has 0 aliphatic carbocycles. The van der Waals surface area contributed by atoms with Gasteiger partial charge in [0.1, 0.15) is 0 Å². The normalized spacial score (nSPS) is 16.5. The number of carbonyl (C=O) groups excluding carboxylic acids is 2. The van der Waals surface area contributed by atoms with E-state index >= 15 is 0 Å². The molecule has 0 unspecified atom stereocenters. The standard InChI is InChI=1S/C10H13N3O5S/c11-19(16,17)9-2-1-8(18-9)10(15)13-5-3-12(7-14)4-6-13/h1-2,7H,3-6H2,(H2,11,16,17). The fraction of sp³-hybridized carbons (Fsp3) is 0.400. The Morgan fingerprint density at radius 2 is 1.89 bits per heavy atom. The summed E-state index contributed by atoms with van der Waals surface area (Å²) >= 11 is 0. The second-order valence-electron chi connectivity index (χ2n) is 4.10. The maximum atomic E-state index is 12.0. The minimum Gasteiger partial charge on any atom is -0.438 e. The van der Waals surface area contributed by atoms with Crippen molar-refractivity contribution in [2.45, 2.75) is 5.09 Å². The molecule has 19 heavy (non-hydrogen) atoms. The first-order valence-electron chi connectivity index (χ1n) is 5.53. The van der Waals surface area contributed by atoms with E-state index in [4.69, 9.17) is 9.56 Å². The fourth-order valence-corrected chi connectivity index (χ4v) is 2.24. The molecule has 2 heterocycles. The third-order valence-corrected chi connectivity index (χ3v) is 3.60. The number of carbonyl (C=O) groups is 2. The summed E-state index contributed by atoms with van der Waals surface area (Å²) in [5.41, 5.74) is 0. The summed E-state index contributed by atoms with van der Waals surface area (Å²) in [6.45, 7) is 1.64. The van der Waals surface area contributed by atoms with Gasteiger partial charge in [0.25, 0.3) is 15.9 Å². The van der Waals surface area contributed by atoms with Gasteiger partial charge < -0.3 is 14.2 Å². The van der Waals surface area contributed by atoms with Gasteiger partial charge in [-0.15, -0.1) is 0 Å². The van der Waals surface area contributed by atoms with Crippen LogP contribution in [0.1, 0.15) is 10.6 Å². The van der Waals surface area contributed by atoms with E-state index in [0.29, 0.717) is 26.2 Å². The number of piperazine rings is 1. The summed E-state index contributed by atoms with van der Waals surface area (Å²) in [7, 11) is -3.95. The van der Waals surface area contributed by atoms with E-state index in [-0.39, 0.29) is 5.76 Å². The quantitative estimate of drug-likeness (QED) is 0.704. The zero-order chi connectivity index (χ0) is 14.0. The molecule has 1 fully saturated rings. The number of amides is 2. The third kappa shape index (κ3) is 2.93. The zero-order valence-corrected chi connectivity index (χ0v) is 10.8. The Hall–Kier alpha value is -1.87. The molecule has 8 nitrogen and oxygen atoms in total. The van der Waals surface area contributed by atoms with Gasteiger partial charge in [-0.1, -0.05) is 0 Å². The van der Waals surface area contributed by atoms with Crippen molar-refractivity contribution < 1.29 is 22.4 Å². The van der Waals surface area contributed by atoms with E-state index in [0.717, 1.165) is 12.5 Å². The van der Waals surface area contributed by atoms with Gasteiger partial charge in [0, 0.05) is 26.2 Å². The third-order valence-electron chi connectivity index (χ3n) is 2.82. The molecule has 2 rings (SSSR count). The molecule has 104 valence electrons. The Bertz CT molecular complexity index is 586. The highest BCUT2D eigenvalue weighted by molar-refractivity contribution is 7.89. The Balaban J connectivity index is 2.08. The SMILES string of the molecule is NS(=O)(=O)c1ccc(C(=O)N2CCN(C=O)CC2)o1. The van der Waals surface area contributed by atoms with Crippen LogP contribution in [0.2, 0.25) is 0 Å². The molecule has 0 spiro atoms. The molecule has 9 heteroatoms. The lowest BCUT2D eigenvalue weighted by Crippen LogP contribution is -2.48. The van der Waals surface area contributed by atoms with Crippen LogP contribution in [0.4, 0.5) is 0 Å². The van der Waals surface area contributed by atoms with Gasteiger partial charge in [-0.25, -0.2) is 13.6 Å². The number of hydrogen-bond acceptors (Lipinski definition) is 5. The van der Waals surface area contributed by atoms with E-state index in [1.54, 1.807) is 4.90 Å². The van der Waals surface area contributed by atoms with Crippen molar-refractivity contribution in [3.63, 3.8) is 0 Å². The molecule has 0 bridgehead atoms. The Morgan fingerprint density at radius 3 is 2.37 bits per heavy atom. The summed E-state index contributed by atoms with van der Waals surface area (Å²) in [6, 6.07) is 2.42. The van der Waals surface area contributed by atoms with Gasteiger partial charge in [0.05, 0.1) is 0 Å². The first-order valence-corrected chi connectivity index (χ1v) is 7.07. The zero-order valence-electron chi connectivity index (χ0n) is 9.98. The molecule has 0 atom stereocenters. The first kappa shape index (κ1) is 13.6. The number of hydrogen-bond donors (Lipinski definition) is 1. The van der Waals surface area contributed by atoms with Crippen LogP contribution in [0.3, 0.4) is 0 Å². The molecular formula is C10H13N3O5S. The predicted molar refractivity (Wildman–Crippen MR) is 63.6 cm³/mol. The van der Waals surface area contributed by atoms with Gasteiger partial charge in [0.2, 0.25) is 11.5 Å². The topological polar surface area (TPSA) is 114 Å². The smallest absolute Gasteiger partial charge is 0.289 e. The minimum atomic E-state index is -3.95. The van der Waals surface area contributed by atoms with Crippen LogP contribution in [0.5, 0.6) is 0 Å². The van der Waals surface area contributed by atoms with Crippen molar-refractivity contribution in [1.29, 1.82) is 0 Å². The van der Waals surface area contributed by atoms with E-state index in [1.807, 2.05) is 0 Å². The van der Waals surface area contributed by atoms with Gasteiger partial charge in [-0.3, -0.25) is 9.59 Å². The lowest BCUT2D eigenvalue weighted by molar-refractivity contribution is -0.119. The van der Waals surface area contributed by atoms with Crippen LogP contribution in [0.15, 0.2) is 21.6 Å². The van der Waals surface area contributed by atoms with Crippen LogP contribution in [0, 0.1) is 0 Å². The van der Waals surface area contributed by atoms with Crippen LogP contribution >= 0.6 is 0 Å². The molecule has 1 aliphatic rings. The van der Waals surface area contributed by atoms with Crippen molar-refractivity contribution in [3.8, 4) is 0 Å². The lowest BCUT2D eigenvalue weighted by atomic mass is 10.3. The average molecular weight is 287 g/mol. The predicted octanol–water partition coefficient (Wildman–Crippen LogP) is -1.16. The Kier molecular flexibility index (Phi) is 3.58. The number of rotatable bonds is 3. The van der Waals surface area contributed by atoms with Gasteiger partial charge >= 0.3 is 0 Å². The highest BCUT2D eigenvalue weighted by Crippen LogP contribution is 2.15. The van der Waals surface area contributed by atoms with Crippen LogP contribution < -0.4 is 5.14 Å². The monoisotopic (exact) mass is 287 g/mol. The summed E-state index contributed by atoms with van der Waals surface area (Å²) in [5.74, 6) is -0.496. The van der Waals surface area contributed by atoms with E-state index in [9.17, 15) is 18.0 Å². The molecule has 1 saturated heterocycles. The number of nitrogens with zero attached hydrogens (tertiary/aromatic N) is 2. The lowest BCUT2D eigenvalue weighted by Gasteiger charge is -2.31. The second-order valence-corrected chi connectivity index (χ2v) is 5.59. The number of primary sulfonamides is 1. The molecule has 0 saturated carbocycles. The number of furan rings is 1. The van der Waals surface area contributed by atoms with Gasteiger partial charge in [-0.05, 0) is 12.1 Å². The van der Waals surface area contributed by atoms with E-state index < -0.39 is 21.0 Å². The van der Waals surface area contributed by atoms with Crippen LogP contribution in [-0.2, 0) is 14.8 Å². The summed E-state index contributed by atoms with van der Waals surface area (Å²) in [5, 5.41) is 4.45. The van der Waals surface area contributed by atoms with Crippen molar-refractivity contribution in [3.05, 3.63) is 17.9 Å². The second kappa shape index (κ2) is 5.02. The van der Waals surface area contributed by atoms with Crippen molar-refractivity contribution >= 4 is 22.3 Å². The molecule has 1 aromatic heterocycles. The van der Waals surface area contributed by atoms with Gasteiger partial charge in [0.15, 0.2) is 5.76 Å². The largest absolute Gasteiger partial charge is 0.438 e. The van der Waals surface area contributed by atoms with Crippen LogP contribution in [-0.4, -0.2) is 56.7 Å². The fourth-order valence-electron chi connectivity index (χ4n) is 1.77. The van der Waals surface area contributed by atoms with Crippen molar-refractivity contribution in [2.75, 3.05) is 26.2 Å². The van der Waals surface area contributed by atoms with Crippen molar-refractivity contribution in [2.24, 2.45) is 5.14 Å². The molecule has 0 aromatic carbocycles. The average Bonchev–Trinajstić information content (AvgIpc) is 2.87. The number of sulfonamides is 1. The highest BCUT2D eigenvalue weighted by atomic mass is 32.2.